The maximum Gasteiger partial charge on any atom is 0.244 e. The van der Waals surface area contributed by atoms with Crippen molar-refractivity contribution < 1.29 is 9.53 Å². The highest BCUT2D eigenvalue weighted by molar-refractivity contribution is 7.15. The summed E-state index contributed by atoms with van der Waals surface area (Å²) >= 11 is 1.48. The summed E-state index contributed by atoms with van der Waals surface area (Å²) < 4.78 is 7.22. The Bertz CT molecular complexity index is 473. The minimum Gasteiger partial charge on any atom is -0.476 e. The van der Waals surface area contributed by atoms with Crippen LogP contribution in [0.4, 0.5) is 0 Å². The van der Waals surface area contributed by atoms with Crippen LogP contribution in [0.3, 0.4) is 0 Å². The molecule has 5 heteroatoms. The van der Waals surface area contributed by atoms with Crippen molar-refractivity contribution in [1.29, 1.82) is 0 Å². The number of aldehydes is 1. The molecule has 2 rings (SSSR count). The molecule has 0 aliphatic carbocycles. The highest BCUT2D eigenvalue weighted by Crippen LogP contribution is 2.22. The molecular formula is C10H12N2O2S. The number of imidazole rings is 1. The van der Waals surface area contributed by atoms with E-state index >= 15 is 0 Å². The number of carbonyl (C=O) groups excluding carboxylic acids is 1. The van der Waals surface area contributed by atoms with Gasteiger partial charge in [0.25, 0.3) is 0 Å². The van der Waals surface area contributed by atoms with E-state index in [4.69, 9.17) is 4.74 Å². The van der Waals surface area contributed by atoms with Crippen molar-refractivity contribution in [2.75, 3.05) is 6.61 Å². The van der Waals surface area contributed by atoms with Gasteiger partial charge in [-0.1, -0.05) is 13.8 Å². The summed E-state index contributed by atoms with van der Waals surface area (Å²) in [6.45, 7) is 4.68. The van der Waals surface area contributed by atoms with E-state index in [0.29, 0.717) is 24.1 Å². The number of carbonyl (C=O) groups is 1. The van der Waals surface area contributed by atoms with E-state index < -0.39 is 0 Å². The summed E-state index contributed by atoms with van der Waals surface area (Å²) in [6, 6.07) is 0. The first kappa shape index (κ1) is 10.2. The molecule has 0 bridgehead atoms. The van der Waals surface area contributed by atoms with Gasteiger partial charge in [-0.3, -0.25) is 9.20 Å². The molecule has 0 saturated carbocycles. The Morgan fingerprint density at radius 1 is 1.67 bits per heavy atom. The molecular weight excluding hydrogens is 212 g/mol. The highest BCUT2D eigenvalue weighted by Gasteiger charge is 2.13. The van der Waals surface area contributed by atoms with E-state index in [1.165, 1.54) is 11.3 Å². The lowest BCUT2D eigenvalue weighted by atomic mass is 10.2. The first-order valence-electron chi connectivity index (χ1n) is 4.76. The molecule has 2 aromatic rings. The van der Waals surface area contributed by atoms with E-state index in [1.54, 1.807) is 4.40 Å². The SMILES string of the molecule is CC(C)COc1nc2sccn2c1C=O. The number of ether oxygens (including phenoxy) is 1. The van der Waals surface area contributed by atoms with Crippen LogP contribution in [0.2, 0.25) is 0 Å². The van der Waals surface area contributed by atoms with Crippen molar-refractivity contribution in [3.63, 3.8) is 0 Å². The second-order valence-electron chi connectivity index (χ2n) is 3.68. The number of fused-ring (bicyclic) bond motifs is 1. The minimum atomic E-state index is 0.421. The topological polar surface area (TPSA) is 43.6 Å². The first-order chi connectivity index (χ1) is 7.22. The van der Waals surface area contributed by atoms with E-state index in [-0.39, 0.29) is 0 Å². The van der Waals surface area contributed by atoms with Crippen molar-refractivity contribution in [1.82, 2.24) is 9.38 Å². The molecule has 2 aromatic heterocycles. The van der Waals surface area contributed by atoms with Gasteiger partial charge in [0.2, 0.25) is 5.88 Å². The zero-order valence-electron chi connectivity index (χ0n) is 8.64. The maximum atomic E-state index is 10.9. The minimum absolute atomic E-state index is 0.421. The fourth-order valence-electron chi connectivity index (χ4n) is 1.24. The molecule has 0 atom stereocenters. The molecule has 80 valence electrons. The second kappa shape index (κ2) is 4.02. The summed E-state index contributed by atoms with van der Waals surface area (Å²) in [5.74, 6) is 0.856. The number of nitrogens with zero attached hydrogens (tertiary/aromatic N) is 2. The van der Waals surface area contributed by atoms with Gasteiger partial charge in [-0.05, 0) is 5.92 Å². The predicted octanol–water partition coefficient (Wildman–Crippen LogP) is 2.24. The Morgan fingerprint density at radius 3 is 3.13 bits per heavy atom. The Kier molecular flexibility index (Phi) is 2.73. The highest BCUT2D eigenvalue weighted by atomic mass is 32.1. The van der Waals surface area contributed by atoms with Gasteiger partial charge >= 0.3 is 0 Å². The van der Waals surface area contributed by atoms with Crippen LogP contribution in [0, 0.1) is 5.92 Å². The zero-order chi connectivity index (χ0) is 10.8. The number of thiazole rings is 1. The number of hydrogen-bond donors (Lipinski definition) is 0. The second-order valence-corrected chi connectivity index (χ2v) is 4.55. The van der Waals surface area contributed by atoms with E-state index in [9.17, 15) is 4.79 Å². The Balaban J connectivity index is 2.33. The van der Waals surface area contributed by atoms with Gasteiger partial charge in [-0.25, -0.2) is 0 Å². The van der Waals surface area contributed by atoms with Gasteiger partial charge < -0.3 is 4.74 Å². The monoisotopic (exact) mass is 224 g/mol. The molecule has 4 nitrogen and oxygen atoms in total. The van der Waals surface area contributed by atoms with Gasteiger partial charge in [0.05, 0.1) is 6.61 Å². The molecule has 15 heavy (non-hydrogen) atoms. The molecule has 0 amide bonds. The Morgan fingerprint density at radius 2 is 2.47 bits per heavy atom. The third kappa shape index (κ3) is 1.87. The van der Waals surface area contributed by atoms with Crippen molar-refractivity contribution in [2.24, 2.45) is 5.92 Å². The fraction of sp³-hybridized carbons (Fsp3) is 0.400. The summed E-state index contributed by atoms with van der Waals surface area (Å²) in [4.78, 5) is 15.9. The summed E-state index contributed by atoms with van der Waals surface area (Å²) in [5, 5.41) is 1.89. The summed E-state index contributed by atoms with van der Waals surface area (Å²) in [5.41, 5.74) is 0.493. The quantitative estimate of drug-likeness (QED) is 0.748. The molecule has 0 aliphatic heterocycles. The van der Waals surface area contributed by atoms with Crippen LogP contribution in [0.1, 0.15) is 24.3 Å². The molecule has 0 radical (unpaired) electrons. The van der Waals surface area contributed by atoms with Gasteiger partial charge in [-0.2, -0.15) is 4.98 Å². The van der Waals surface area contributed by atoms with Crippen LogP contribution >= 0.6 is 11.3 Å². The summed E-state index contributed by atoms with van der Waals surface area (Å²) in [6.07, 6.45) is 2.60. The lowest BCUT2D eigenvalue weighted by Crippen LogP contribution is -2.06. The summed E-state index contributed by atoms with van der Waals surface area (Å²) in [7, 11) is 0. The van der Waals surface area contributed by atoms with Crippen LogP contribution in [-0.4, -0.2) is 22.3 Å². The number of rotatable bonds is 4. The van der Waals surface area contributed by atoms with Gasteiger partial charge in [0.1, 0.15) is 0 Å². The lowest BCUT2D eigenvalue weighted by molar-refractivity contribution is 0.111. The number of aromatic nitrogens is 2. The fourth-order valence-corrected chi connectivity index (χ4v) is 1.96. The average molecular weight is 224 g/mol. The van der Waals surface area contributed by atoms with Gasteiger partial charge in [0, 0.05) is 11.6 Å². The third-order valence-corrected chi connectivity index (χ3v) is 2.69. The van der Waals surface area contributed by atoms with Gasteiger partial charge in [0.15, 0.2) is 16.9 Å². The Hall–Kier alpha value is -1.36. The van der Waals surface area contributed by atoms with Crippen molar-refractivity contribution >= 4 is 22.6 Å². The molecule has 0 unspecified atom stereocenters. The normalized spacial score (nSPS) is 11.1. The average Bonchev–Trinajstić information content (AvgIpc) is 2.72. The molecule has 2 heterocycles. The zero-order valence-corrected chi connectivity index (χ0v) is 9.45. The third-order valence-electron chi connectivity index (χ3n) is 1.93. The predicted molar refractivity (Wildman–Crippen MR) is 58.8 cm³/mol. The van der Waals surface area contributed by atoms with E-state index in [2.05, 4.69) is 18.8 Å². The van der Waals surface area contributed by atoms with Crippen LogP contribution in [0.25, 0.3) is 4.96 Å². The smallest absolute Gasteiger partial charge is 0.244 e. The lowest BCUT2D eigenvalue weighted by Gasteiger charge is -2.05. The van der Waals surface area contributed by atoms with Crippen LogP contribution in [-0.2, 0) is 0 Å². The van der Waals surface area contributed by atoms with E-state index in [1.807, 2.05) is 11.6 Å². The van der Waals surface area contributed by atoms with Crippen LogP contribution in [0.5, 0.6) is 5.88 Å². The molecule has 0 fully saturated rings. The molecule has 0 N–H and O–H groups in total. The van der Waals surface area contributed by atoms with Crippen LogP contribution in [0.15, 0.2) is 11.6 Å². The molecule has 0 aromatic carbocycles. The van der Waals surface area contributed by atoms with Crippen LogP contribution < -0.4 is 4.74 Å². The number of hydrogen-bond acceptors (Lipinski definition) is 4. The molecule has 0 saturated heterocycles. The van der Waals surface area contributed by atoms with Gasteiger partial charge in [-0.15, -0.1) is 11.3 Å². The van der Waals surface area contributed by atoms with Crippen molar-refractivity contribution in [3.05, 3.63) is 17.3 Å². The van der Waals surface area contributed by atoms with Crippen molar-refractivity contribution in [2.45, 2.75) is 13.8 Å². The Labute approximate surface area is 91.5 Å². The van der Waals surface area contributed by atoms with E-state index in [0.717, 1.165) is 11.2 Å². The molecule has 0 aliphatic rings. The maximum absolute atomic E-state index is 10.9. The first-order valence-corrected chi connectivity index (χ1v) is 5.64. The van der Waals surface area contributed by atoms with Crippen molar-refractivity contribution in [3.8, 4) is 5.88 Å². The standard InChI is InChI=1S/C10H12N2O2S/c1-7(2)6-14-9-8(5-13)12-3-4-15-10(12)11-9/h3-5,7H,6H2,1-2H3. The molecule has 0 spiro atoms. The largest absolute Gasteiger partial charge is 0.476 e.